The fraction of sp³-hybridized carbons (Fsp3) is 0.182. The van der Waals surface area contributed by atoms with Gasteiger partial charge in [0.25, 0.3) is 0 Å². The first-order valence-corrected chi connectivity index (χ1v) is 8.53. The summed E-state index contributed by atoms with van der Waals surface area (Å²) in [4.78, 5) is 23.2. The minimum absolute atomic E-state index is 0.0203. The van der Waals surface area contributed by atoms with E-state index in [1.54, 1.807) is 0 Å². The van der Waals surface area contributed by atoms with Crippen LogP contribution in [0.15, 0.2) is 29.2 Å². The highest BCUT2D eigenvalue weighted by Gasteiger charge is 2.30. The Bertz CT molecular complexity index is 700. The number of hydrogen-bond acceptors (Lipinski definition) is 6. The van der Waals surface area contributed by atoms with Crippen LogP contribution in [0.25, 0.3) is 0 Å². The van der Waals surface area contributed by atoms with E-state index in [-0.39, 0.29) is 23.1 Å². The van der Waals surface area contributed by atoms with Crippen molar-refractivity contribution in [3.63, 3.8) is 0 Å². The van der Waals surface area contributed by atoms with Gasteiger partial charge < -0.3 is 10.6 Å². The number of primary sulfonamides is 1. The van der Waals surface area contributed by atoms with Crippen molar-refractivity contribution in [2.24, 2.45) is 5.14 Å². The number of thiocarbonyl (C=S) groups is 1. The van der Waals surface area contributed by atoms with Crippen LogP contribution in [-0.4, -0.2) is 29.8 Å². The van der Waals surface area contributed by atoms with Crippen LogP contribution in [0, 0.1) is 0 Å². The third-order valence-corrected chi connectivity index (χ3v) is 4.91. The summed E-state index contributed by atoms with van der Waals surface area (Å²) < 4.78 is 22.5. The lowest BCUT2D eigenvalue weighted by Gasteiger charge is -2.08. The van der Waals surface area contributed by atoms with Crippen molar-refractivity contribution in [2.45, 2.75) is 16.6 Å². The molecule has 4 N–H and O–H groups in total. The van der Waals surface area contributed by atoms with E-state index in [0.717, 1.165) is 11.8 Å². The number of nitrogens with two attached hydrogens (primary N) is 1. The average Bonchev–Trinajstić information content (AvgIpc) is 2.67. The second-order valence-electron chi connectivity index (χ2n) is 4.20. The van der Waals surface area contributed by atoms with Gasteiger partial charge in [0.05, 0.1) is 10.1 Å². The first kappa shape index (κ1) is 15.9. The Balaban J connectivity index is 1.97. The summed E-state index contributed by atoms with van der Waals surface area (Å²) in [6.45, 7) is 0. The Morgan fingerprint density at radius 3 is 2.48 bits per heavy atom. The highest BCUT2D eigenvalue weighted by Crippen LogP contribution is 2.23. The Labute approximate surface area is 130 Å². The number of carbonyl (C=O) groups is 2. The van der Waals surface area contributed by atoms with Gasteiger partial charge in [0, 0.05) is 12.1 Å². The zero-order valence-corrected chi connectivity index (χ0v) is 13.0. The molecule has 10 heteroatoms. The summed E-state index contributed by atoms with van der Waals surface area (Å²) in [7, 11) is -3.76. The average molecular weight is 345 g/mol. The Morgan fingerprint density at radius 2 is 2.00 bits per heavy atom. The molecule has 0 bridgehead atoms. The standard InChI is InChI=1S/C11H11N3O4S3/c12-21(17,18)7-3-1-6(2-4-7)13-9(15)5-8-10(16)14-11(19)20-8/h1-4,8H,5H2,(H,13,15)(H2,12,17,18)(H,14,16,19). The molecule has 7 nitrogen and oxygen atoms in total. The predicted octanol–water partition coefficient (Wildman–Crippen LogP) is 0.179. The maximum atomic E-state index is 11.8. The molecule has 1 atom stereocenters. The first-order chi connectivity index (χ1) is 9.75. The summed E-state index contributed by atoms with van der Waals surface area (Å²) >= 11 is 5.97. The molecule has 1 aromatic carbocycles. The summed E-state index contributed by atoms with van der Waals surface area (Å²) in [5.41, 5.74) is 0.415. The summed E-state index contributed by atoms with van der Waals surface area (Å²) in [6, 6.07) is 5.42. The predicted molar refractivity (Wildman–Crippen MR) is 83.2 cm³/mol. The van der Waals surface area contributed by atoms with Crippen LogP contribution >= 0.6 is 24.0 Å². The van der Waals surface area contributed by atoms with Crippen LogP contribution < -0.4 is 15.8 Å². The first-order valence-electron chi connectivity index (χ1n) is 5.70. The van der Waals surface area contributed by atoms with Crippen molar-refractivity contribution in [2.75, 3.05) is 5.32 Å². The van der Waals surface area contributed by atoms with Crippen molar-refractivity contribution in [1.82, 2.24) is 5.32 Å². The van der Waals surface area contributed by atoms with Crippen LogP contribution in [0.5, 0.6) is 0 Å². The van der Waals surface area contributed by atoms with E-state index in [4.69, 9.17) is 17.4 Å². The van der Waals surface area contributed by atoms with Crippen molar-refractivity contribution in [1.29, 1.82) is 0 Å². The summed E-state index contributed by atoms with van der Waals surface area (Å²) in [5.74, 6) is -0.652. The summed E-state index contributed by atoms with van der Waals surface area (Å²) in [6.07, 6.45) is -0.0203. The quantitative estimate of drug-likeness (QED) is 0.670. The highest BCUT2D eigenvalue weighted by molar-refractivity contribution is 8.24. The van der Waals surface area contributed by atoms with Crippen LogP contribution in [-0.2, 0) is 19.6 Å². The number of rotatable bonds is 4. The number of carbonyl (C=O) groups excluding carboxylic acids is 2. The van der Waals surface area contributed by atoms with Crippen LogP contribution in [0.2, 0.25) is 0 Å². The van der Waals surface area contributed by atoms with E-state index in [0.29, 0.717) is 10.0 Å². The Hall–Kier alpha value is -1.49. The van der Waals surface area contributed by atoms with Gasteiger partial charge in [-0.3, -0.25) is 9.59 Å². The van der Waals surface area contributed by atoms with Gasteiger partial charge in [-0.25, -0.2) is 13.6 Å². The van der Waals surface area contributed by atoms with Crippen molar-refractivity contribution < 1.29 is 18.0 Å². The lowest BCUT2D eigenvalue weighted by atomic mass is 10.2. The zero-order valence-electron chi connectivity index (χ0n) is 10.5. The third-order valence-electron chi connectivity index (χ3n) is 2.60. The minimum Gasteiger partial charge on any atom is -0.326 e. The molecule has 0 spiro atoms. The molecule has 0 aliphatic carbocycles. The third kappa shape index (κ3) is 4.24. The second kappa shape index (κ2) is 6.10. The molecule has 1 aromatic rings. The monoisotopic (exact) mass is 345 g/mol. The van der Waals surface area contributed by atoms with Gasteiger partial charge in [-0.05, 0) is 24.3 Å². The maximum Gasteiger partial charge on any atom is 0.239 e. The van der Waals surface area contributed by atoms with Crippen molar-refractivity contribution in [3.8, 4) is 0 Å². The van der Waals surface area contributed by atoms with Crippen molar-refractivity contribution >= 4 is 55.8 Å². The van der Waals surface area contributed by atoms with Crippen LogP contribution in [0.1, 0.15) is 6.42 Å². The Kier molecular flexibility index (Phi) is 4.61. The molecule has 1 unspecified atom stereocenters. The number of amides is 2. The highest BCUT2D eigenvalue weighted by atomic mass is 32.2. The molecule has 1 fully saturated rings. The minimum atomic E-state index is -3.76. The molecule has 2 amide bonds. The Morgan fingerprint density at radius 1 is 1.38 bits per heavy atom. The molecule has 0 radical (unpaired) electrons. The number of nitrogens with one attached hydrogen (secondary N) is 2. The van der Waals surface area contributed by atoms with E-state index in [9.17, 15) is 18.0 Å². The number of hydrogen-bond donors (Lipinski definition) is 3. The molecule has 0 saturated carbocycles. The molecule has 1 aliphatic heterocycles. The number of sulfonamides is 1. The van der Waals surface area contributed by atoms with Gasteiger partial charge in [-0.1, -0.05) is 24.0 Å². The largest absolute Gasteiger partial charge is 0.326 e. The smallest absolute Gasteiger partial charge is 0.239 e. The van der Waals surface area contributed by atoms with Gasteiger partial charge in [0.15, 0.2) is 0 Å². The van der Waals surface area contributed by atoms with E-state index in [2.05, 4.69) is 10.6 Å². The van der Waals surface area contributed by atoms with Crippen LogP contribution in [0.4, 0.5) is 5.69 Å². The number of thioether (sulfide) groups is 1. The molecule has 1 aliphatic rings. The molecular formula is C11H11N3O4S3. The second-order valence-corrected chi connectivity index (χ2v) is 7.65. The van der Waals surface area contributed by atoms with Gasteiger partial charge in [0.1, 0.15) is 4.32 Å². The van der Waals surface area contributed by atoms with Gasteiger partial charge in [-0.15, -0.1) is 0 Å². The fourth-order valence-corrected chi connectivity index (χ4v) is 3.42. The lowest BCUT2D eigenvalue weighted by molar-refractivity contribution is -0.122. The van der Waals surface area contributed by atoms with E-state index >= 15 is 0 Å². The molecule has 2 rings (SSSR count). The zero-order chi connectivity index (χ0) is 15.6. The maximum absolute atomic E-state index is 11.8. The molecule has 1 saturated heterocycles. The van der Waals surface area contributed by atoms with Crippen molar-refractivity contribution in [3.05, 3.63) is 24.3 Å². The number of benzene rings is 1. The van der Waals surface area contributed by atoms with Gasteiger partial charge >= 0.3 is 0 Å². The SMILES string of the molecule is NS(=O)(=O)c1ccc(NC(=O)CC2SC(=S)NC2=O)cc1. The molecule has 112 valence electrons. The normalized spacial score (nSPS) is 18.4. The lowest BCUT2D eigenvalue weighted by Crippen LogP contribution is -2.27. The van der Waals surface area contributed by atoms with Gasteiger partial charge in [0.2, 0.25) is 21.8 Å². The summed E-state index contributed by atoms with van der Waals surface area (Å²) in [5, 5.41) is 9.46. The fourth-order valence-electron chi connectivity index (χ4n) is 1.64. The molecule has 21 heavy (non-hydrogen) atoms. The molecular weight excluding hydrogens is 334 g/mol. The van der Waals surface area contributed by atoms with E-state index < -0.39 is 15.3 Å². The number of anilines is 1. The molecule has 0 aromatic heterocycles. The van der Waals surface area contributed by atoms with E-state index in [1.807, 2.05) is 0 Å². The van der Waals surface area contributed by atoms with Crippen LogP contribution in [0.3, 0.4) is 0 Å². The van der Waals surface area contributed by atoms with Gasteiger partial charge in [-0.2, -0.15) is 0 Å². The molecule has 1 heterocycles. The topological polar surface area (TPSA) is 118 Å². The van der Waals surface area contributed by atoms with E-state index in [1.165, 1.54) is 24.3 Å².